The fourth-order valence-electron chi connectivity index (χ4n) is 3.89. The van der Waals surface area contributed by atoms with E-state index in [0.717, 1.165) is 48.9 Å². The number of aliphatic hydroxyl groups is 1. The smallest absolute Gasteiger partial charge is 0.247 e. The van der Waals surface area contributed by atoms with Crippen LogP contribution in [-0.4, -0.2) is 79.9 Å². The number of aliphatic hydroxyl groups excluding tert-OH is 1. The first-order valence-corrected chi connectivity index (χ1v) is 11.0. The lowest BCUT2D eigenvalue weighted by Gasteiger charge is -2.37. The molecule has 1 aliphatic heterocycles. The van der Waals surface area contributed by atoms with E-state index in [4.69, 9.17) is 18.6 Å². The zero-order chi connectivity index (χ0) is 23.2. The molecule has 2 aromatic carbocycles. The Hall–Kier alpha value is -3.30. The van der Waals surface area contributed by atoms with Crippen molar-refractivity contribution in [1.82, 2.24) is 15.1 Å². The van der Waals surface area contributed by atoms with Crippen LogP contribution in [0, 0.1) is 6.92 Å². The van der Waals surface area contributed by atoms with Crippen LogP contribution < -0.4 is 19.1 Å². The van der Waals surface area contributed by atoms with Crippen LogP contribution in [0.1, 0.15) is 5.89 Å². The molecule has 176 valence electrons. The molecule has 0 aliphatic carbocycles. The number of hydrogen-bond donors (Lipinski definition) is 1. The highest BCUT2D eigenvalue weighted by atomic mass is 16.5. The number of β-amino-alcohol motifs (C(OH)–C–C–N with tert-alkyl or cyclic N) is 1. The molecule has 3 aromatic rings. The summed E-state index contributed by atoms with van der Waals surface area (Å²) in [5, 5.41) is 18.4. The van der Waals surface area contributed by atoms with Crippen LogP contribution in [0.4, 0.5) is 5.69 Å². The summed E-state index contributed by atoms with van der Waals surface area (Å²) in [7, 11) is 3.32. The monoisotopic (exact) mass is 454 g/mol. The lowest BCUT2D eigenvalue weighted by atomic mass is 10.2. The molecule has 1 aliphatic rings. The van der Waals surface area contributed by atoms with E-state index in [-0.39, 0.29) is 6.61 Å². The first-order valence-electron chi connectivity index (χ1n) is 11.0. The predicted molar refractivity (Wildman–Crippen MR) is 124 cm³/mol. The Morgan fingerprint density at radius 3 is 2.52 bits per heavy atom. The van der Waals surface area contributed by atoms with E-state index in [0.29, 0.717) is 24.1 Å². The molecule has 0 bridgehead atoms. The summed E-state index contributed by atoms with van der Waals surface area (Å²) in [6, 6.07) is 13.3. The number of nitrogens with zero attached hydrogens (tertiary/aromatic N) is 4. The number of rotatable bonds is 9. The fourth-order valence-corrected chi connectivity index (χ4v) is 3.89. The van der Waals surface area contributed by atoms with Gasteiger partial charge in [-0.05, 0) is 30.3 Å². The van der Waals surface area contributed by atoms with E-state index in [1.54, 1.807) is 21.1 Å². The summed E-state index contributed by atoms with van der Waals surface area (Å²) in [5.74, 6) is 3.19. The Kier molecular flexibility index (Phi) is 7.31. The quantitative estimate of drug-likeness (QED) is 0.524. The van der Waals surface area contributed by atoms with Crippen molar-refractivity contribution in [2.45, 2.75) is 13.0 Å². The van der Waals surface area contributed by atoms with Gasteiger partial charge in [-0.1, -0.05) is 6.07 Å². The van der Waals surface area contributed by atoms with E-state index in [9.17, 15) is 5.11 Å². The van der Waals surface area contributed by atoms with E-state index >= 15 is 0 Å². The number of ether oxygens (including phenoxy) is 3. The van der Waals surface area contributed by atoms with Crippen molar-refractivity contribution >= 4 is 5.69 Å². The molecule has 0 radical (unpaired) electrons. The van der Waals surface area contributed by atoms with Crippen LogP contribution in [-0.2, 0) is 0 Å². The van der Waals surface area contributed by atoms with Crippen LogP contribution in [0.3, 0.4) is 0 Å². The number of anilines is 1. The average Bonchev–Trinajstić information content (AvgIpc) is 3.29. The van der Waals surface area contributed by atoms with Gasteiger partial charge in [0.2, 0.25) is 11.8 Å². The molecule has 1 N–H and O–H groups in total. The van der Waals surface area contributed by atoms with Gasteiger partial charge in [0.15, 0.2) is 0 Å². The van der Waals surface area contributed by atoms with Crippen LogP contribution in [0.25, 0.3) is 11.5 Å². The van der Waals surface area contributed by atoms with Gasteiger partial charge in [0.05, 0.1) is 19.9 Å². The molecule has 1 aromatic heterocycles. The van der Waals surface area contributed by atoms with Crippen molar-refractivity contribution in [3.8, 4) is 28.7 Å². The summed E-state index contributed by atoms with van der Waals surface area (Å²) in [5.41, 5.74) is 1.84. The van der Waals surface area contributed by atoms with Crippen molar-refractivity contribution in [2.75, 3.05) is 58.5 Å². The van der Waals surface area contributed by atoms with Gasteiger partial charge in [0.1, 0.15) is 30.0 Å². The van der Waals surface area contributed by atoms with Crippen LogP contribution in [0.5, 0.6) is 17.2 Å². The van der Waals surface area contributed by atoms with Gasteiger partial charge in [-0.25, -0.2) is 0 Å². The third-order valence-corrected chi connectivity index (χ3v) is 5.62. The van der Waals surface area contributed by atoms with Crippen molar-refractivity contribution in [2.24, 2.45) is 0 Å². The first kappa shape index (κ1) is 22.9. The summed E-state index contributed by atoms with van der Waals surface area (Å²) in [4.78, 5) is 4.54. The highest BCUT2D eigenvalue weighted by Crippen LogP contribution is 2.32. The van der Waals surface area contributed by atoms with Gasteiger partial charge < -0.3 is 28.6 Å². The maximum atomic E-state index is 10.5. The second-order valence-corrected chi connectivity index (χ2v) is 7.94. The molecule has 9 heteroatoms. The largest absolute Gasteiger partial charge is 0.497 e. The molecule has 2 heterocycles. The van der Waals surface area contributed by atoms with Crippen LogP contribution >= 0.6 is 0 Å². The highest BCUT2D eigenvalue weighted by molar-refractivity contribution is 5.61. The van der Waals surface area contributed by atoms with Gasteiger partial charge in [-0.2, -0.15) is 0 Å². The number of methoxy groups -OCH3 is 2. The molecule has 33 heavy (non-hydrogen) atoms. The molecular formula is C24H30N4O5. The normalized spacial score (nSPS) is 15.3. The summed E-state index contributed by atoms with van der Waals surface area (Å²) < 4.78 is 22.1. The average molecular weight is 455 g/mol. The molecule has 4 rings (SSSR count). The fraction of sp³-hybridized carbons (Fsp3) is 0.417. The van der Waals surface area contributed by atoms with Gasteiger partial charge in [0.25, 0.3) is 0 Å². The minimum Gasteiger partial charge on any atom is -0.497 e. The van der Waals surface area contributed by atoms with E-state index < -0.39 is 6.10 Å². The molecule has 9 nitrogen and oxygen atoms in total. The van der Waals surface area contributed by atoms with Crippen molar-refractivity contribution in [3.63, 3.8) is 0 Å². The molecule has 0 spiro atoms. The number of benzene rings is 2. The van der Waals surface area contributed by atoms with E-state index in [1.807, 2.05) is 42.5 Å². The summed E-state index contributed by atoms with van der Waals surface area (Å²) in [6.45, 7) is 5.90. The summed E-state index contributed by atoms with van der Waals surface area (Å²) in [6.07, 6.45) is -0.596. The molecule has 1 fully saturated rings. The summed E-state index contributed by atoms with van der Waals surface area (Å²) >= 11 is 0. The molecule has 1 unspecified atom stereocenters. The Bertz CT molecular complexity index is 1050. The van der Waals surface area contributed by atoms with Crippen molar-refractivity contribution in [3.05, 3.63) is 48.4 Å². The second kappa shape index (κ2) is 10.5. The topological polar surface area (TPSA) is 93.3 Å². The van der Waals surface area contributed by atoms with Crippen molar-refractivity contribution < 1.29 is 23.7 Å². The van der Waals surface area contributed by atoms with Crippen LogP contribution in [0.15, 0.2) is 46.9 Å². The van der Waals surface area contributed by atoms with Gasteiger partial charge in [-0.15, -0.1) is 10.2 Å². The van der Waals surface area contributed by atoms with Gasteiger partial charge in [0, 0.05) is 51.3 Å². The minimum atomic E-state index is -0.596. The minimum absolute atomic E-state index is 0.207. The van der Waals surface area contributed by atoms with Crippen LogP contribution in [0.2, 0.25) is 0 Å². The lowest BCUT2D eigenvalue weighted by molar-refractivity contribution is 0.0663. The second-order valence-electron chi connectivity index (χ2n) is 7.94. The number of aromatic nitrogens is 2. The predicted octanol–water partition coefficient (Wildman–Crippen LogP) is 2.62. The molecule has 0 amide bonds. The molecule has 1 saturated heterocycles. The third-order valence-electron chi connectivity index (χ3n) is 5.62. The van der Waals surface area contributed by atoms with Crippen molar-refractivity contribution in [1.29, 1.82) is 0 Å². The van der Waals surface area contributed by atoms with E-state index in [2.05, 4.69) is 20.0 Å². The number of aryl methyl sites for hydroxylation is 1. The Morgan fingerprint density at radius 2 is 1.82 bits per heavy atom. The maximum Gasteiger partial charge on any atom is 0.247 e. The molecule has 0 saturated carbocycles. The molecule has 1 atom stereocenters. The van der Waals surface area contributed by atoms with Gasteiger partial charge in [-0.3, -0.25) is 4.90 Å². The Morgan fingerprint density at radius 1 is 1.00 bits per heavy atom. The highest BCUT2D eigenvalue weighted by Gasteiger charge is 2.22. The Balaban J connectivity index is 1.26. The SMILES string of the molecule is COc1ccc(N2CCN(CC(O)COc3cccc(-c4nnc(C)o4)c3)CC2)c(OC)c1. The standard InChI is InChI=1S/C24H30N4O5/c1-17-25-26-24(33-17)18-5-4-6-21(13-18)32-16-19(29)15-27-9-11-28(12-10-27)22-8-7-20(30-2)14-23(22)31-3/h4-8,13-14,19,29H,9-12,15-16H2,1-3H3. The van der Waals surface area contributed by atoms with E-state index in [1.165, 1.54) is 0 Å². The zero-order valence-electron chi connectivity index (χ0n) is 19.2. The lowest BCUT2D eigenvalue weighted by Crippen LogP contribution is -2.49. The zero-order valence-corrected chi connectivity index (χ0v) is 19.2. The number of piperazine rings is 1. The maximum absolute atomic E-state index is 10.5. The molecular weight excluding hydrogens is 424 g/mol. The third kappa shape index (κ3) is 5.74. The van der Waals surface area contributed by atoms with Gasteiger partial charge >= 0.3 is 0 Å². The number of hydrogen-bond acceptors (Lipinski definition) is 9. The first-order chi connectivity index (χ1) is 16.1. The Labute approximate surface area is 193 Å².